The number of methoxy groups -OCH3 is 1. The second kappa shape index (κ2) is 10.5. The number of amides is 1. The van der Waals surface area contributed by atoms with Gasteiger partial charge >= 0.3 is 5.97 Å². The van der Waals surface area contributed by atoms with Gasteiger partial charge in [-0.2, -0.15) is 8.42 Å². The lowest BCUT2D eigenvalue weighted by atomic mass is 9.86. The van der Waals surface area contributed by atoms with Crippen LogP contribution in [-0.2, 0) is 33.4 Å². The number of benzene rings is 1. The quantitative estimate of drug-likeness (QED) is 0.345. The summed E-state index contributed by atoms with van der Waals surface area (Å²) in [5, 5.41) is 0. The number of ketones is 1. The number of esters is 1. The highest BCUT2D eigenvalue weighted by atomic mass is 79.9. The molecule has 1 aromatic rings. The fourth-order valence-corrected chi connectivity index (χ4v) is 6.23. The summed E-state index contributed by atoms with van der Waals surface area (Å²) >= 11 is 3.27. The van der Waals surface area contributed by atoms with E-state index in [1.807, 2.05) is 27.7 Å². The molecule has 2 fully saturated rings. The van der Waals surface area contributed by atoms with Crippen LogP contribution in [0.25, 0.3) is 0 Å². The zero-order valence-electron chi connectivity index (χ0n) is 21.3. The van der Waals surface area contributed by atoms with Crippen molar-refractivity contribution in [2.24, 2.45) is 22.5 Å². The highest BCUT2D eigenvalue weighted by Gasteiger charge is 2.61. The minimum absolute atomic E-state index is 0.00869. The summed E-state index contributed by atoms with van der Waals surface area (Å²) in [6.07, 6.45) is 0.248. The first-order chi connectivity index (χ1) is 16.7. The van der Waals surface area contributed by atoms with E-state index >= 15 is 0 Å². The molecule has 1 aliphatic heterocycles. The average Bonchev–Trinajstić information content (AvgIpc) is 3.37. The first-order valence-electron chi connectivity index (χ1n) is 12.0. The maximum atomic E-state index is 13.5. The van der Waals surface area contributed by atoms with Gasteiger partial charge in [-0.1, -0.05) is 50.0 Å². The van der Waals surface area contributed by atoms with Gasteiger partial charge in [-0.15, -0.1) is 0 Å². The Morgan fingerprint density at radius 2 is 1.83 bits per heavy atom. The summed E-state index contributed by atoms with van der Waals surface area (Å²) in [6.45, 7) is 7.30. The van der Waals surface area contributed by atoms with Crippen LogP contribution < -0.4 is 5.73 Å². The smallest absolute Gasteiger partial charge is 0.312 e. The maximum Gasteiger partial charge on any atom is 0.312 e. The van der Waals surface area contributed by atoms with Gasteiger partial charge in [0.05, 0.1) is 35.6 Å². The molecule has 9 nitrogen and oxygen atoms in total. The van der Waals surface area contributed by atoms with Crippen LogP contribution in [0.1, 0.15) is 53.4 Å². The predicted molar refractivity (Wildman–Crippen MR) is 136 cm³/mol. The average molecular weight is 588 g/mol. The van der Waals surface area contributed by atoms with Gasteiger partial charge in [0.1, 0.15) is 0 Å². The number of carbonyl (C=O) groups excluding carboxylic acids is 3. The molecule has 0 aromatic heterocycles. The van der Waals surface area contributed by atoms with Crippen LogP contribution in [0.3, 0.4) is 0 Å². The molecule has 1 amide bonds. The molecular formula is C25H35BrN2O7S. The van der Waals surface area contributed by atoms with Gasteiger partial charge in [0.25, 0.3) is 10.1 Å². The highest BCUT2D eigenvalue weighted by molar-refractivity contribution is 9.10. The van der Waals surface area contributed by atoms with Crippen LogP contribution in [0.4, 0.5) is 0 Å². The first-order valence-corrected chi connectivity index (χ1v) is 14.2. The number of rotatable bonds is 9. The molecule has 0 radical (unpaired) electrons. The zero-order valence-corrected chi connectivity index (χ0v) is 23.7. The normalized spacial score (nSPS) is 27.0. The number of carbonyl (C=O) groups is 3. The number of Topliss-reactive ketones (excluding diaryl/α,β-unsaturated/α-hetero) is 1. The van der Waals surface area contributed by atoms with Crippen molar-refractivity contribution in [2.75, 3.05) is 13.7 Å². The molecule has 2 N–H and O–H groups in total. The molecule has 1 saturated carbocycles. The Bertz CT molecular complexity index is 1120. The molecule has 200 valence electrons. The minimum atomic E-state index is -4.14. The van der Waals surface area contributed by atoms with Crippen molar-refractivity contribution < 1.29 is 31.7 Å². The lowest BCUT2D eigenvalue weighted by molar-refractivity contribution is -0.150. The van der Waals surface area contributed by atoms with Crippen molar-refractivity contribution in [1.82, 2.24) is 4.90 Å². The number of ether oxygens (including phenoxy) is 1. The molecule has 36 heavy (non-hydrogen) atoms. The van der Waals surface area contributed by atoms with E-state index in [4.69, 9.17) is 14.7 Å². The van der Waals surface area contributed by atoms with E-state index < -0.39 is 51.0 Å². The largest absolute Gasteiger partial charge is 0.469 e. The van der Waals surface area contributed by atoms with Crippen molar-refractivity contribution in [3.05, 3.63) is 28.7 Å². The Morgan fingerprint density at radius 1 is 1.22 bits per heavy atom. The molecule has 1 aromatic carbocycles. The Labute approximate surface area is 221 Å². The fraction of sp³-hybridized carbons (Fsp3) is 0.640. The molecular weight excluding hydrogens is 552 g/mol. The van der Waals surface area contributed by atoms with Crippen LogP contribution >= 0.6 is 15.9 Å². The second-order valence-electron chi connectivity index (χ2n) is 10.8. The molecule has 2 aliphatic rings. The molecule has 5 atom stereocenters. The number of hydrogen-bond acceptors (Lipinski definition) is 8. The molecule has 0 bridgehead atoms. The van der Waals surface area contributed by atoms with E-state index in [9.17, 15) is 22.8 Å². The fourth-order valence-electron chi connectivity index (χ4n) is 4.89. The predicted octanol–water partition coefficient (Wildman–Crippen LogP) is 3.05. The number of nitrogens with zero attached hydrogens (tertiary/aromatic N) is 1. The van der Waals surface area contributed by atoms with Crippen molar-refractivity contribution in [3.63, 3.8) is 0 Å². The van der Waals surface area contributed by atoms with Crippen LogP contribution in [0, 0.1) is 16.7 Å². The highest BCUT2D eigenvalue weighted by Crippen LogP contribution is 2.58. The molecule has 0 spiro atoms. The van der Waals surface area contributed by atoms with Crippen LogP contribution in [0.15, 0.2) is 33.6 Å². The van der Waals surface area contributed by atoms with Gasteiger partial charge < -0.3 is 15.4 Å². The van der Waals surface area contributed by atoms with Gasteiger partial charge in [0.2, 0.25) is 5.91 Å². The van der Waals surface area contributed by atoms with Gasteiger partial charge in [0.15, 0.2) is 5.78 Å². The van der Waals surface area contributed by atoms with Crippen molar-refractivity contribution >= 4 is 43.7 Å². The Hall–Kier alpha value is -1.82. The third-order valence-corrected chi connectivity index (χ3v) is 9.19. The Kier molecular flexibility index (Phi) is 8.39. The molecule has 3 rings (SSSR count). The number of nitrogens with two attached hydrogens (primary N) is 1. The molecule has 11 heteroatoms. The van der Waals surface area contributed by atoms with E-state index in [0.717, 1.165) is 6.42 Å². The molecule has 1 saturated heterocycles. The lowest BCUT2D eigenvalue weighted by Crippen LogP contribution is -2.53. The van der Waals surface area contributed by atoms with E-state index in [1.165, 1.54) is 24.1 Å². The van der Waals surface area contributed by atoms with E-state index in [1.54, 1.807) is 12.1 Å². The number of halogens is 1. The molecule has 1 aliphatic carbocycles. The van der Waals surface area contributed by atoms with E-state index in [2.05, 4.69) is 15.9 Å². The zero-order chi connectivity index (χ0) is 27.1. The summed E-state index contributed by atoms with van der Waals surface area (Å²) in [5.41, 5.74) is 4.75. The van der Waals surface area contributed by atoms with Crippen molar-refractivity contribution in [3.8, 4) is 0 Å². The minimum Gasteiger partial charge on any atom is -0.469 e. The van der Waals surface area contributed by atoms with Gasteiger partial charge in [-0.3, -0.25) is 18.6 Å². The van der Waals surface area contributed by atoms with Gasteiger partial charge in [-0.05, 0) is 42.0 Å². The number of hydrogen-bond donors (Lipinski definition) is 1. The third-order valence-electron chi connectivity index (χ3n) is 7.29. The topological polar surface area (TPSA) is 133 Å². The van der Waals surface area contributed by atoms with E-state index in [-0.39, 0.29) is 36.0 Å². The number of likely N-dealkylation sites (tertiary alicyclic amines) is 1. The molecule has 1 heterocycles. The summed E-state index contributed by atoms with van der Waals surface area (Å²) in [6, 6.07) is 4.13. The van der Waals surface area contributed by atoms with Crippen molar-refractivity contribution in [1.29, 1.82) is 0 Å². The maximum absolute atomic E-state index is 13.5. The third kappa shape index (κ3) is 5.84. The summed E-state index contributed by atoms with van der Waals surface area (Å²) in [4.78, 5) is 40.7. The first kappa shape index (κ1) is 28.7. The summed E-state index contributed by atoms with van der Waals surface area (Å²) in [7, 11) is -2.84. The summed E-state index contributed by atoms with van der Waals surface area (Å²) in [5.74, 6) is -1.18. The van der Waals surface area contributed by atoms with Crippen molar-refractivity contribution in [2.45, 2.75) is 76.5 Å². The van der Waals surface area contributed by atoms with Crippen LogP contribution in [-0.4, -0.2) is 62.8 Å². The monoisotopic (exact) mass is 586 g/mol. The van der Waals surface area contributed by atoms with E-state index in [0.29, 0.717) is 10.9 Å². The summed E-state index contributed by atoms with van der Waals surface area (Å²) < 4.78 is 36.9. The molecule has 0 unspecified atom stereocenters. The SMILES string of the molecule is CC[C@@H]1C[C@]1(CC(=O)[C@@H]1C[C@H](OS(=O)(=O)c2ccc(Br)cc2)CN1C(=O)[C@@H](N)C(C)(C)C)C(=O)OC. The standard InChI is InChI=1S/C25H35BrN2O7S/c1-6-15-12-25(15,23(31)34-5)13-20(29)19-11-17(14-28(19)22(30)21(27)24(2,3)4)35-36(32,33)18-9-7-16(26)8-10-18/h7-10,15,17,19,21H,6,11-14,27H2,1-5H3/t15-,17+,19+,21-,25-/m1/s1. The second-order valence-corrected chi connectivity index (χ2v) is 13.3. The van der Waals surface area contributed by atoms with Gasteiger partial charge in [-0.25, -0.2) is 0 Å². The Morgan fingerprint density at radius 3 is 2.33 bits per heavy atom. The Balaban J connectivity index is 1.86. The van der Waals surface area contributed by atoms with Crippen LogP contribution in [0.5, 0.6) is 0 Å². The van der Waals surface area contributed by atoms with Crippen LogP contribution in [0.2, 0.25) is 0 Å². The lowest BCUT2D eigenvalue weighted by Gasteiger charge is -2.32. The van der Waals surface area contributed by atoms with Gasteiger partial charge in [0, 0.05) is 23.9 Å².